The van der Waals surface area contributed by atoms with Crippen LogP contribution in [0.15, 0.2) is 6.07 Å². The Labute approximate surface area is 81.8 Å². The van der Waals surface area contributed by atoms with Crippen molar-refractivity contribution in [1.29, 1.82) is 0 Å². The van der Waals surface area contributed by atoms with Gasteiger partial charge in [0, 0.05) is 0 Å². The third-order valence-electron chi connectivity index (χ3n) is 2.01. The summed E-state index contributed by atoms with van der Waals surface area (Å²) in [5.74, 6) is -0.958. The molecule has 0 atom stereocenters. The molecule has 0 amide bonds. The molecular weight excluding hydrogens is 184 g/mol. The molecule has 0 aromatic heterocycles. The van der Waals surface area contributed by atoms with E-state index in [1.165, 1.54) is 20.1 Å². The van der Waals surface area contributed by atoms with Crippen LogP contribution in [0.4, 0.5) is 0 Å². The van der Waals surface area contributed by atoms with Crippen molar-refractivity contribution in [3.05, 3.63) is 17.2 Å². The second-order valence-electron chi connectivity index (χ2n) is 3.02. The third kappa shape index (κ3) is 1.51. The largest absolute Gasteiger partial charge is 0.504 e. The highest BCUT2D eigenvalue weighted by atomic mass is 16.5. The number of phenols is 2. The molecule has 1 aromatic carbocycles. The van der Waals surface area contributed by atoms with E-state index in [1.54, 1.807) is 6.92 Å². The predicted molar refractivity (Wildman–Crippen MR) is 51.1 cm³/mol. The lowest BCUT2D eigenvalue weighted by atomic mass is 10.0. The zero-order valence-electron chi connectivity index (χ0n) is 8.29. The molecular formula is C10H12O4. The number of methoxy groups -OCH3 is 1. The number of aryl methyl sites for hydroxylation is 1. The van der Waals surface area contributed by atoms with E-state index < -0.39 is 11.5 Å². The predicted octanol–water partition coefficient (Wildman–Crippen LogP) is 1.62. The normalized spacial score (nSPS) is 9.93. The van der Waals surface area contributed by atoms with Crippen LogP contribution in [0.2, 0.25) is 0 Å². The van der Waals surface area contributed by atoms with Crippen LogP contribution >= 0.6 is 0 Å². The SMILES string of the molecule is COc1cc(C)c(C(C)=O)c(O)c1O. The molecule has 0 bridgehead atoms. The standard InChI is InChI=1S/C10H12O4/c1-5-4-7(14-3)9(12)10(13)8(5)6(2)11/h4,12-13H,1-3H3. The Morgan fingerprint density at radius 1 is 1.36 bits per heavy atom. The first kappa shape index (κ1) is 10.4. The van der Waals surface area contributed by atoms with Gasteiger partial charge in [0.15, 0.2) is 17.3 Å². The number of hydrogen-bond donors (Lipinski definition) is 2. The van der Waals surface area contributed by atoms with Crippen LogP contribution in [0.1, 0.15) is 22.8 Å². The fourth-order valence-corrected chi connectivity index (χ4v) is 1.36. The van der Waals surface area contributed by atoms with Crippen LogP contribution in [-0.4, -0.2) is 23.1 Å². The second-order valence-corrected chi connectivity index (χ2v) is 3.02. The summed E-state index contributed by atoms with van der Waals surface area (Å²) in [6, 6.07) is 1.51. The van der Waals surface area contributed by atoms with E-state index in [0.29, 0.717) is 5.56 Å². The average Bonchev–Trinajstić information content (AvgIpc) is 2.10. The van der Waals surface area contributed by atoms with Crippen LogP contribution in [-0.2, 0) is 0 Å². The Balaban J connectivity index is 3.49. The summed E-state index contributed by atoms with van der Waals surface area (Å²) in [4.78, 5) is 11.1. The molecule has 0 saturated heterocycles. The number of aromatic hydroxyl groups is 2. The van der Waals surface area contributed by atoms with E-state index in [9.17, 15) is 15.0 Å². The van der Waals surface area contributed by atoms with Gasteiger partial charge in [-0.3, -0.25) is 4.79 Å². The second kappa shape index (κ2) is 3.57. The number of rotatable bonds is 2. The topological polar surface area (TPSA) is 66.8 Å². The minimum Gasteiger partial charge on any atom is -0.504 e. The van der Waals surface area contributed by atoms with Crippen LogP contribution < -0.4 is 4.74 Å². The number of ether oxygens (including phenoxy) is 1. The van der Waals surface area contributed by atoms with Crippen molar-refractivity contribution in [2.24, 2.45) is 0 Å². The minimum atomic E-state index is -0.422. The average molecular weight is 196 g/mol. The maximum Gasteiger partial charge on any atom is 0.201 e. The fraction of sp³-hybridized carbons (Fsp3) is 0.300. The van der Waals surface area contributed by atoms with Crippen molar-refractivity contribution in [1.82, 2.24) is 0 Å². The van der Waals surface area contributed by atoms with Gasteiger partial charge < -0.3 is 14.9 Å². The molecule has 14 heavy (non-hydrogen) atoms. The first-order chi connectivity index (χ1) is 6.49. The van der Waals surface area contributed by atoms with Gasteiger partial charge in [-0.15, -0.1) is 0 Å². The lowest BCUT2D eigenvalue weighted by molar-refractivity contribution is 0.101. The molecule has 4 nitrogen and oxygen atoms in total. The number of Topliss-reactive ketones (excluding diaryl/α,β-unsaturated/α-hetero) is 1. The smallest absolute Gasteiger partial charge is 0.201 e. The fourth-order valence-electron chi connectivity index (χ4n) is 1.36. The van der Waals surface area contributed by atoms with Crippen LogP contribution in [0, 0.1) is 6.92 Å². The Morgan fingerprint density at radius 2 is 1.93 bits per heavy atom. The number of carbonyl (C=O) groups is 1. The molecule has 76 valence electrons. The van der Waals surface area contributed by atoms with Gasteiger partial charge in [-0.1, -0.05) is 0 Å². The molecule has 0 saturated carbocycles. The van der Waals surface area contributed by atoms with Crippen molar-refractivity contribution < 1.29 is 19.7 Å². The maximum atomic E-state index is 11.1. The summed E-state index contributed by atoms with van der Waals surface area (Å²) < 4.78 is 4.82. The van der Waals surface area contributed by atoms with Gasteiger partial charge in [-0.05, 0) is 25.5 Å². The Hall–Kier alpha value is -1.71. The minimum absolute atomic E-state index is 0.128. The molecule has 0 heterocycles. The van der Waals surface area contributed by atoms with E-state index in [0.717, 1.165) is 0 Å². The molecule has 0 spiro atoms. The van der Waals surface area contributed by atoms with Gasteiger partial charge in [0.05, 0.1) is 12.7 Å². The lowest BCUT2D eigenvalue weighted by Crippen LogP contribution is -1.98. The molecule has 0 radical (unpaired) electrons. The van der Waals surface area contributed by atoms with E-state index in [-0.39, 0.29) is 17.1 Å². The lowest BCUT2D eigenvalue weighted by Gasteiger charge is -2.10. The number of carbonyl (C=O) groups excluding carboxylic acids is 1. The molecule has 0 aliphatic carbocycles. The van der Waals surface area contributed by atoms with Crippen molar-refractivity contribution in [3.63, 3.8) is 0 Å². The third-order valence-corrected chi connectivity index (χ3v) is 2.01. The van der Waals surface area contributed by atoms with Crippen molar-refractivity contribution in [2.45, 2.75) is 13.8 Å². The van der Waals surface area contributed by atoms with E-state index >= 15 is 0 Å². The van der Waals surface area contributed by atoms with Crippen molar-refractivity contribution >= 4 is 5.78 Å². The Kier molecular flexibility index (Phi) is 2.65. The van der Waals surface area contributed by atoms with Crippen molar-refractivity contribution in [2.75, 3.05) is 7.11 Å². The number of ketones is 1. The summed E-state index contributed by atoms with van der Waals surface area (Å²) in [6.07, 6.45) is 0. The van der Waals surface area contributed by atoms with Crippen LogP contribution in [0.25, 0.3) is 0 Å². The van der Waals surface area contributed by atoms with Crippen LogP contribution in [0.3, 0.4) is 0 Å². The zero-order valence-corrected chi connectivity index (χ0v) is 8.29. The molecule has 1 aromatic rings. The van der Waals surface area contributed by atoms with Crippen molar-refractivity contribution in [3.8, 4) is 17.2 Å². The number of hydrogen-bond acceptors (Lipinski definition) is 4. The van der Waals surface area contributed by atoms with Gasteiger partial charge in [0.2, 0.25) is 5.75 Å². The van der Waals surface area contributed by atoms with Crippen LogP contribution in [0.5, 0.6) is 17.2 Å². The van der Waals surface area contributed by atoms with Gasteiger partial charge in [-0.25, -0.2) is 0 Å². The number of phenolic OH excluding ortho intramolecular Hbond substituents is 2. The molecule has 4 heteroatoms. The maximum absolute atomic E-state index is 11.1. The highest BCUT2D eigenvalue weighted by Crippen LogP contribution is 2.39. The number of benzene rings is 1. The highest BCUT2D eigenvalue weighted by molar-refractivity contribution is 5.99. The monoisotopic (exact) mass is 196 g/mol. The van der Waals surface area contributed by atoms with Gasteiger partial charge in [0.25, 0.3) is 0 Å². The highest BCUT2D eigenvalue weighted by Gasteiger charge is 2.18. The summed E-state index contributed by atoms with van der Waals surface area (Å²) in [5, 5.41) is 18.9. The summed E-state index contributed by atoms with van der Waals surface area (Å²) in [5.41, 5.74) is 0.702. The zero-order chi connectivity index (χ0) is 10.9. The summed E-state index contributed by atoms with van der Waals surface area (Å²) in [7, 11) is 1.38. The molecule has 0 aliphatic heterocycles. The summed E-state index contributed by atoms with van der Waals surface area (Å²) in [6.45, 7) is 2.99. The van der Waals surface area contributed by atoms with Gasteiger partial charge >= 0.3 is 0 Å². The first-order valence-electron chi connectivity index (χ1n) is 4.09. The molecule has 0 unspecified atom stereocenters. The van der Waals surface area contributed by atoms with E-state index in [1.807, 2.05) is 0 Å². The van der Waals surface area contributed by atoms with Gasteiger partial charge in [-0.2, -0.15) is 0 Å². The van der Waals surface area contributed by atoms with Gasteiger partial charge in [0.1, 0.15) is 0 Å². The molecule has 0 fully saturated rings. The summed E-state index contributed by atoms with van der Waals surface area (Å²) >= 11 is 0. The Bertz CT molecular complexity index is 382. The molecule has 0 aliphatic rings. The first-order valence-corrected chi connectivity index (χ1v) is 4.09. The Morgan fingerprint density at radius 3 is 2.36 bits per heavy atom. The van der Waals surface area contributed by atoms with E-state index in [2.05, 4.69) is 0 Å². The molecule has 1 rings (SSSR count). The quantitative estimate of drug-likeness (QED) is 0.557. The molecule has 2 N–H and O–H groups in total. The van der Waals surface area contributed by atoms with E-state index in [4.69, 9.17) is 4.74 Å².